The lowest BCUT2D eigenvalue weighted by Crippen LogP contribution is -2.15. The molecule has 0 fully saturated rings. The van der Waals surface area contributed by atoms with E-state index in [1.165, 1.54) is 12.4 Å². The van der Waals surface area contributed by atoms with Crippen molar-refractivity contribution in [3.8, 4) is 0 Å². The van der Waals surface area contributed by atoms with Crippen molar-refractivity contribution < 1.29 is 18.0 Å². The first-order valence-corrected chi connectivity index (χ1v) is 6.96. The van der Waals surface area contributed by atoms with E-state index >= 15 is 0 Å². The minimum absolute atomic E-state index is 0.0377. The number of anilines is 2. The third-order valence-electron chi connectivity index (χ3n) is 3.10. The molecule has 2 heterocycles. The first-order chi connectivity index (χ1) is 11.6. The van der Waals surface area contributed by atoms with E-state index < -0.39 is 17.5 Å². The fourth-order valence-corrected chi connectivity index (χ4v) is 1.95. The molecule has 3 aromatic rings. The number of rotatable bonds is 5. The summed E-state index contributed by atoms with van der Waals surface area (Å²) in [5.74, 6) is -1.12. The highest BCUT2D eigenvalue weighted by molar-refractivity contribution is 6.03. The predicted octanol–water partition coefficient (Wildman–Crippen LogP) is 3.21. The molecule has 24 heavy (non-hydrogen) atoms. The Morgan fingerprint density at radius 3 is 2.79 bits per heavy atom. The zero-order chi connectivity index (χ0) is 16.9. The lowest BCUT2D eigenvalue weighted by atomic mass is 10.2. The molecule has 122 valence electrons. The summed E-state index contributed by atoms with van der Waals surface area (Å²) in [4.78, 5) is 20.0. The molecule has 0 saturated carbocycles. The third-order valence-corrected chi connectivity index (χ3v) is 3.10. The highest BCUT2D eigenvalue weighted by Gasteiger charge is 2.12. The van der Waals surface area contributed by atoms with Gasteiger partial charge in [0.05, 0.1) is 18.5 Å². The van der Waals surface area contributed by atoms with E-state index in [9.17, 15) is 13.6 Å². The maximum absolute atomic E-state index is 13.6. The van der Waals surface area contributed by atoms with Gasteiger partial charge >= 0.3 is 0 Å². The van der Waals surface area contributed by atoms with E-state index in [1.54, 1.807) is 18.4 Å². The Balaban J connectivity index is 1.69. The summed E-state index contributed by atoms with van der Waals surface area (Å²) < 4.78 is 31.6. The van der Waals surface area contributed by atoms with Crippen molar-refractivity contribution in [2.24, 2.45) is 0 Å². The second kappa shape index (κ2) is 6.86. The molecule has 1 aromatic carbocycles. The highest BCUT2D eigenvalue weighted by atomic mass is 19.1. The maximum Gasteiger partial charge on any atom is 0.274 e. The monoisotopic (exact) mass is 330 g/mol. The number of carbonyl (C=O) groups is 1. The summed E-state index contributed by atoms with van der Waals surface area (Å²) in [6.45, 7) is 0.387. The smallest absolute Gasteiger partial charge is 0.274 e. The van der Waals surface area contributed by atoms with Crippen LogP contribution in [-0.4, -0.2) is 15.9 Å². The van der Waals surface area contributed by atoms with Crippen LogP contribution in [0.15, 0.2) is 53.4 Å². The van der Waals surface area contributed by atoms with Gasteiger partial charge in [-0.2, -0.15) is 0 Å². The molecule has 0 radical (unpaired) electrons. The first-order valence-electron chi connectivity index (χ1n) is 6.96. The van der Waals surface area contributed by atoms with Gasteiger partial charge in [0.25, 0.3) is 5.91 Å². The summed E-state index contributed by atoms with van der Waals surface area (Å²) in [5, 5.41) is 5.31. The lowest BCUT2D eigenvalue weighted by molar-refractivity contribution is 0.102. The number of hydrogen-bond donors (Lipinski definition) is 2. The average Bonchev–Trinajstić information content (AvgIpc) is 3.09. The van der Waals surface area contributed by atoms with Crippen molar-refractivity contribution in [3.05, 3.63) is 72.1 Å². The molecule has 2 N–H and O–H groups in total. The van der Waals surface area contributed by atoms with E-state index in [0.29, 0.717) is 24.2 Å². The number of nitrogens with one attached hydrogen (secondary N) is 2. The molecule has 0 atom stereocenters. The lowest BCUT2D eigenvalue weighted by Gasteiger charge is -2.07. The summed E-state index contributed by atoms with van der Waals surface area (Å²) in [6, 6.07) is 7.84. The number of aromatic nitrogens is 2. The quantitative estimate of drug-likeness (QED) is 0.751. The van der Waals surface area contributed by atoms with Gasteiger partial charge in [0.2, 0.25) is 0 Å². The Kier molecular flexibility index (Phi) is 4.46. The van der Waals surface area contributed by atoms with Crippen molar-refractivity contribution in [1.82, 2.24) is 9.97 Å². The number of nitrogens with zero attached hydrogens (tertiary/aromatic N) is 2. The van der Waals surface area contributed by atoms with Gasteiger partial charge in [-0.05, 0) is 24.3 Å². The number of amides is 1. The van der Waals surface area contributed by atoms with Gasteiger partial charge in [-0.1, -0.05) is 0 Å². The minimum atomic E-state index is -0.867. The molecule has 6 nitrogen and oxygen atoms in total. The number of carbonyl (C=O) groups excluding carboxylic acids is 1. The molecule has 0 aliphatic rings. The van der Waals surface area contributed by atoms with Gasteiger partial charge in [0.15, 0.2) is 0 Å². The molecule has 0 bridgehead atoms. The zero-order valence-corrected chi connectivity index (χ0v) is 12.3. The Morgan fingerprint density at radius 1 is 1.17 bits per heavy atom. The predicted molar refractivity (Wildman–Crippen MR) is 82.4 cm³/mol. The van der Waals surface area contributed by atoms with Crippen LogP contribution in [0.25, 0.3) is 0 Å². The van der Waals surface area contributed by atoms with E-state index in [0.717, 1.165) is 12.1 Å². The van der Waals surface area contributed by atoms with Crippen LogP contribution in [0.5, 0.6) is 0 Å². The number of hydrogen-bond acceptors (Lipinski definition) is 5. The van der Waals surface area contributed by atoms with E-state index in [1.807, 2.05) is 0 Å². The van der Waals surface area contributed by atoms with Crippen LogP contribution in [-0.2, 0) is 6.54 Å². The Morgan fingerprint density at radius 2 is 2.04 bits per heavy atom. The van der Waals surface area contributed by atoms with Crippen LogP contribution >= 0.6 is 0 Å². The van der Waals surface area contributed by atoms with Crippen molar-refractivity contribution in [2.45, 2.75) is 6.54 Å². The molecule has 8 heteroatoms. The molecule has 1 amide bonds. The summed E-state index contributed by atoms with van der Waals surface area (Å²) >= 11 is 0. The molecule has 0 spiro atoms. The highest BCUT2D eigenvalue weighted by Crippen LogP contribution is 2.16. The maximum atomic E-state index is 13.6. The van der Waals surface area contributed by atoms with Crippen molar-refractivity contribution in [2.75, 3.05) is 10.6 Å². The molecule has 2 aromatic heterocycles. The number of furan rings is 1. The van der Waals surface area contributed by atoms with Crippen LogP contribution in [0.2, 0.25) is 0 Å². The fourth-order valence-electron chi connectivity index (χ4n) is 1.95. The molecular weight excluding hydrogens is 318 g/mol. The van der Waals surface area contributed by atoms with E-state index in [2.05, 4.69) is 20.6 Å². The van der Waals surface area contributed by atoms with Gasteiger partial charge < -0.3 is 15.1 Å². The van der Waals surface area contributed by atoms with Gasteiger partial charge in [-0.3, -0.25) is 4.79 Å². The van der Waals surface area contributed by atoms with Gasteiger partial charge in [-0.25, -0.2) is 18.7 Å². The summed E-state index contributed by atoms with van der Waals surface area (Å²) in [6.07, 6.45) is 2.76. The van der Waals surface area contributed by atoms with E-state index in [-0.39, 0.29) is 11.4 Å². The Hall–Kier alpha value is -3.29. The molecule has 0 aliphatic heterocycles. The van der Waals surface area contributed by atoms with Crippen molar-refractivity contribution in [1.29, 1.82) is 0 Å². The molecule has 0 aliphatic carbocycles. The number of benzene rings is 1. The van der Waals surface area contributed by atoms with Crippen LogP contribution in [0, 0.1) is 11.6 Å². The zero-order valence-electron chi connectivity index (χ0n) is 12.3. The molecule has 0 unspecified atom stereocenters. The third kappa shape index (κ3) is 3.72. The number of halogens is 2. The normalized spacial score (nSPS) is 10.4. The van der Waals surface area contributed by atoms with Crippen molar-refractivity contribution >= 4 is 17.4 Å². The second-order valence-corrected chi connectivity index (χ2v) is 4.80. The Labute approximate surface area is 135 Å². The molecular formula is C16H12F2N4O2. The topological polar surface area (TPSA) is 80.0 Å². The SMILES string of the molecule is O=C(Nc1ccc(F)cc1F)c1cc(NCc2ccco2)ncn1. The summed E-state index contributed by atoms with van der Waals surface area (Å²) in [7, 11) is 0. The van der Waals surface area contributed by atoms with Crippen LogP contribution < -0.4 is 10.6 Å². The first kappa shape index (κ1) is 15.6. The average molecular weight is 330 g/mol. The summed E-state index contributed by atoms with van der Waals surface area (Å²) in [5.41, 5.74) is -0.0965. The van der Waals surface area contributed by atoms with Gasteiger partial charge in [0, 0.05) is 12.1 Å². The fraction of sp³-hybridized carbons (Fsp3) is 0.0625. The Bertz CT molecular complexity index is 853. The second-order valence-electron chi connectivity index (χ2n) is 4.80. The van der Waals surface area contributed by atoms with Crippen LogP contribution in [0.1, 0.15) is 16.2 Å². The minimum Gasteiger partial charge on any atom is -0.467 e. The van der Waals surface area contributed by atoms with Crippen molar-refractivity contribution in [3.63, 3.8) is 0 Å². The molecule has 0 saturated heterocycles. The van der Waals surface area contributed by atoms with Crippen LogP contribution in [0.4, 0.5) is 20.3 Å². The largest absolute Gasteiger partial charge is 0.467 e. The van der Waals surface area contributed by atoms with Crippen LogP contribution in [0.3, 0.4) is 0 Å². The molecule has 3 rings (SSSR count). The van der Waals surface area contributed by atoms with Gasteiger partial charge in [-0.15, -0.1) is 0 Å². The standard InChI is InChI=1S/C16H12F2N4O2/c17-10-3-4-13(12(18)6-10)22-16(23)14-7-15(21-9-20-14)19-8-11-2-1-5-24-11/h1-7,9H,8H2,(H,22,23)(H,19,20,21). The van der Waals surface area contributed by atoms with E-state index in [4.69, 9.17) is 4.42 Å². The van der Waals surface area contributed by atoms with Gasteiger partial charge in [0.1, 0.15) is 35.2 Å².